The molecular weight excluding hydrogens is 194 g/mol. The fourth-order valence-electron chi connectivity index (χ4n) is 0.976. The van der Waals surface area contributed by atoms with Crippen LogP contribution < -0.4 is 5.32 Å². The van der Waals surface area contributed by atoms with E-state index in [1.807, 2.05) is 6.08 Å². The predicted molar refractivity (Wildman–Crippen MR) is 61.2 cm³/mol. The molecule has 0 aliphatic carbocycles. The monoisotopic (exact) mass is 217 g/mol. The van der Waals surface area contributed by atoms with Crippen molar-refractivity contribution in [1.82, 2.24) is 5.32 Å². The highest BCUT2D eigenvalue weighted by molar-refractivity contribution is 4.68. The molecule has 0 saturated carbocycles. The van der Waals surface area contributed by atoms with Crippen molar-refractivity contribution in [2.75, 3.05) is 53.2 Å². The zero-order valence-corrected chi connectivity index (χ0v) is 9.67. The van der Waals surface area contributed by atoms with Crippen molar-refractivity contribution >= 4 is 0 Å². The van der Waals surface area contributed by atoms with Gasteiger partial charge in [0.05, 0.1) is 19.8 Å². The summed E-state index contributed by atoms with van der Waals surface area (Å²) in [6.07, 6.45) is 2.77. The van der Waals surface area contributed by atoms with E-state index in [1.54, 1.807) is 7.11 Å². The highest BCUT2D eigenvalue weighted by Gasteiger charge is 1.90. The van der Waals surface area contributed by atoms with Crippen molar-refractivity contribution in [3.63, 3.8) is 0 Å². The Morgan fingerprint density at radius 1 is 1.07 bits per heavy atom. The Morgan fingerprint density at radius 2 is 1.80 bits per heavy atom. The van der Waals surface area contributed by atoms with E-state index in [0.29, 0.717) is 13.2 Å². The molecule has 4 nitrogen and oxygen atoms in total. The van der Waals surface area contributed by atoms with E-state index in [9.17, 15) is 0 Å². The number of hydrogen-bond acceptors (Lipinski definition) is 4. The zero-order chi connectivity index (χ0) is 11.2. The van der Waals surface area contributed by atoms with Crippen molar-refractivity contribution < 1.29 is 14.2 Å². The summed E-state index contributed by atoms with van der Waals surface area (Å²) in [5, 5.41) is 3.15. The van der Waals surface area contributed by atoms with Gasteiger partial charge >= 0.3 is 0 Å². The molecule has 0 aromatic carbocycles. The van der Waals surface area contributed by atoms with E-state index in [2.05, 4.69) is 11.9 Å². The number of methoxy groups -OCH3 is 1. The maximum atomic E-state index is 5.33. The minimum absolute atomic E-state index is 0.656. The van der Waals surface area contributed by atoms with E-state index in [0.717, 1.165) is 39.3 Å². The first-order valence-corrected chi connectivity index (χ1v) is 5.38. The second-order valence-electron chi connectivity index (χ2n) is 3.06. The molecule has 1 N–H and O–H groups in total. The van der Waals surface area contributed by atoms with Gasteiger partial charge in [-0.2, -0.15) is 0 Å². The minimum Gasteiger partial charge on any atom is -0.385 e. The number of hydrogen-bond donors (Lipinski definition) is 1. The molecular formula is C11H23NO3. The molecule has 0 fully saturated rings. The van der Waals surface area contributed by atoms with Crippen LogP contribution in [-0.2, 0) is 14.2 Å². The number of ether oxygens (including phenoxy) is 3. The first-order chi connectivity index (χ1) is 7.41. The molecule has 15 heavy (non-hydrogen) atoms. The van der Waals surface area contributed by atoms with Crippen LogP contribution in [0.2, 0.25) is 0 Å². The summed E-state index contributed by atoms with van der Waals surface area (Å²) in [4.78, 5) is 0. The third-order valence-corrected chi connectivity index (χ3v) is 1.72. The molecule has 0 unspecified atom stereocenters. The van der Waals surface area contributed by atoms with Crippen LogP contribution in [0.5, 0.6) is 0 Å². The molecule has 0 aliphatic heterocycles. The van der Waals surface area contributed by atoms with Gasteiger partial charge < -0.3 is 19.5 Å². The molecule has 0 saturated heterocycles. The highest BCUT2D eigenvalue weighted by atomic mass is 16.5. The number of rotatable bonds is 12. The van der Waals surface area contributed by atoms with Gasteiger partial charge in [-0.25, -0.2) is 0 Å². The maximum absolute atomic E-state index is 5.33. The van der Waals surface area contributed by atoms with Crippen molar-refractivity contribution in [2.45, 2.75) is 6.42 Å². The van der Waals surface area contributed by atoms with Crippen LogP contribution >= 0.6 is 0 Å². The fraction of sp³-hybridized carbons (Fsp3) is 0.818. The molecule has 0 bridgehead atoms. The maximum Gasteiger partial charge on any atom is 0.0701 e. The van der Waals surface area contributed by atoms with Crippen LogP contribution in [-0.4, -0.2) is 53.2 Å². The third kappa shape index (κ3) is 13.6. The Kier molecular flexibility index (Phi) is 13.2. The Labute approximate surface area is 92.6 Å². The van der Waals surface area contributed by atoms with Gasteiger partial charge in [-0.15, -0.1) is 6.58 Å². The van der Waals surface area contributed by atoms with Crippen molar-refractivity contribution in [3.8, 4) is 0 Å². The van der Waals surface area contributed by atoms with Crippen LogP contribution in [0.4, 0.5) is 0 Å². The molecule has 0 spiro atoms. The summed E-state index contributed by atoms with van der Waals surface area (Å²) < 4.78 is 15.6. The molecule has 0 aromatic rings. The van der Waals surface area contributed by atoms with E-state index in [4.69, 9.17) is 14.2 Å². The Morgan fingerprint density at radius 3 is 2.47 bits per heavy atom. The summed E-state index contributed by atoms with van der Waals surface area (Å²) in [6.45, 7) is 8.83. The lowest BCUT2D eigenvalue weighted by Gasteiger charge is -2.05. The second-order valence-corrected chi connectivity index (χ2v) is 3.06. The largest absolute Gasteiger partial charge is 0.385 e. The van der Waals surface area contributed by atoms with Gasteiger partial charge in [0.2, 0.25) is 0 Å². The van der Waals surface area contributed by atoms with Crippen LogP contribution in [0.3, 0.4) is 0 Å². The van der Waals surface area contributed by atoms with Gasteiger partial charge in [-0.3, -0.25) is 0 Å². The average Bonchev–Trinajstić information content (AvgIpc) is 2.26. The van der Waals surface area contributed by atoms with Crippen LogP contribution in [0, 0.1) is 0 Å². The summed E-state index contributed by atoms with van der Waals surface area (Å²) in [5.74, 6) is 0. The summed E-state index contributed by atoms with van der Waals surface area (Å²) >= 11 is 0. The van der Waals surface area contributed by atoms with Gasteiger partial charge in [0.25, 0.3) is 0 Å². The first kappa shape index (κ1) is 14.6. The molecule has 0 rings (SSSR count). The molecule has 4 heteroatoms. The molecule has 0 aliphatic rings. The van der Waals surface area contributed by atoms with E-state index in [1.165, 1.54) is 0 Å². The molecule has 0 radical (unpaired) electrons. The fourth-order valence-corrected chi connectivity index (χ4v) is 0.976. The second kappa shape index (κ2) is 13.6. The van der Waals surface area contributed by atoms with Crippen molar-refractivity contribution in [3.05, 3.63) is 12.7 Å². The standard InChI is InChI=1S/C11H23NO3/c1-3-5-12-6-9-15-11-10-14-8-4-7-13-2/h3,12H,1,4-11H2,2H3. The van der Waals surface area contributed by atoms with Crippen molar-refractivity contribution in [1.29, 1.82) is 0 Å². The Bertz CT molecular complexity index is 131. The zero-order valence-electron chi connectivity index (χ0n) is 9.67. The van der Waals surface area contributed by atoms with Crippen LogP contribution in [0.25, 0.3) is 0 Å². The normalized spacial score (nSPS) is 10.5. The minimum atomic E-state index is 0.656. The van der Waals surface area contributed by atoms with Gasteiger partial charge in [0, 0.05) is 33.4 Å². The van der Waals surface area contributed by atoms with Crippen LogP contribution in [0.1, 0.15) is 6.42 Å². The van der Waals surface area contributed by atoms with Gasteiger partial charge in [-0.05, 0) is 6.42 Å². The molecule has 0 heterocycles. The predicted octanol–water partition coefficient (Wildman–Crippen LogP) is 0.832. The van der Waals surface area contributed by atoms with E-state index >= 15 is 0 Å². The summed E-state index contributed by atoms with van der Waals surface area (Å²) in [5.41, 5.74) is 0. The molecule has 0 atom stereocenters. The van der Waals surface area contributed by atoms with Gasteiger partial charge in [-0.1, -0.05) is 6.08 Å². The molecule has 0 amide bonds. The smallest absolute Gasteiger partial charge is 0.0701 e. The van der Waals surface area contributed by atoms with E-state index < -0.39 is 0 Å². The topological polar surface area (TPSA) is 39.7 Å². The number of nitrogens with one attached hydrogen (secondary N) is 1. The first-order valence-electron chi connectivity index (χ1n) is 5.38. The SMILES string of the molecule is C=CCNCCOCCOCCCOC. The van der Waals surface area contributed by atoms with Crippen LogP contribution in [0.15, 0.2) is 12.7 Å². The lowest BCUT2D eigenvalue weighted by Crippen LogP contribution is -2.20. The van der Waals surface area contributed by atoms with Gasteiger partial charge in [0.15, 0.2) is 0 Å². The molecule has 0 aromatic heterocycles. The van der Waals surface area contributed by atoms with Crippen molar-refractivity contribution in [2.24, 2.45) is 0 Å². The Balaban J connectivity index is 2.83. The average molecular weight is 217 g/mol. The Hall–Kier alpha value is -0.420. The van der Waals surface area contributed by atoms with E-state index in [-0.39, 0.29) is 0 Å². The highest BCUT2D eigenvalue weighted by Crippen LogP contribution is 1.84. The van der Waals surface area contributed by atoms with Gasteiger partial charge in [0.1, 0.15) is 0 Å². The summed E-state index contributed by atoms with van der Waals surface area (Å²) in [7, 11) is 1.69. The lowest BCUT2D eigenvalue weighted by atomic mass is 10.5. The summed E-state index contributed by atoms with van der Waals surface area (Å²) in [6, 6.07) is 0. The quantitative estimate of drug-likeness (QED) is 0.388. The third-order valence-electron chi connectivity index (χ3n) is 1.72. The molecule has 90 valence electrons. The lowest BCUT2D eigenvalue weighted by molar-refractivity contribution is 0.0410.